The molecule has 2 aliphatic carbocycles. The SMILES string of the molecule is CN1CCC2CCC(OP3(=O)OCC4(CCC4)CO3)=CC21. The molecule has 21 heavy (non-hydrogen) atoms. The second kappa shape index (κ2) is 5.09. The third kappa shape index (κ3) is 2.59. The molecule has 0 radical (unpaired) electrons. The summed E-state index contributed by atoms with van der Waals surface area (Å²) in [5.41, 5.74) is 0.120. The average molecular weight is 313 g/mol. The lowest BCUT2D eigenvalue weighted by Gasteiger charge is -2.45. The van der Waals surface area contributed by atoms with Gasteiger partial charge in [0.05, 0.1) is 13.2 Å². The molecule has 2 saturated heterocycles. The van der Waals surface area contributed by atoms with Crippen LogP contribution in [0.1, 0.15) is 38.5 Å². The molecular formula is C15H24NO4P. The Hall–Kier alpha value is -0.350. The van der Waals surface area contributed by atoms with E-state index in [1.54, 1.807) is 0 Å². The molecule has 4 rings (SSSR count). The van der Waals surface area contributed by atoms with Crippen molar-refractivity contribution in [2.75, 3.05) is 26.8 Å². The van der Waals surface area contributed by atoms with Crippen molar-refractivity contribution in [3.05, 3.63) is 11.8 Å². The Morgan fingerprint density at radius 3 is 2.76 bits per heavy atom. The molecule has 3 fully saturated rings. The van der Waals surface area contributed by atoms with E-state index in [0.717, 1.165) is 43.9 Å². The van der Waals surface area contributed by atoms with Crippen LogP contribution in [-0.4, -0.2) is 37.7 Å². The first kappa shape index (κ1) is 14.3. The molecule has 0 bridgehead atoms. The normalized spacial score (nSPS) is 37.7. The first-order valence-electron chi connectivity index (χ1n) is 8.07. The number of likely N-dealkylation sites (tertiary alicyclic amines) is 1. The van der Waals surface area contributed by atoms with E-state index in [4.69, 9.17) is 13.6 Å². The highest BCUT2D eigenvalue weighted by Crippen LogP contribution is 2.60. The number of likely N-dealkylation sites (N-methyl/N-ethyl adjacent to an activating group) is 1. The van der Waals surface area contributed by atoms with Gasteiger partial charge in [-0.05, 0) is 51.3 Å². The molecule has 0 aromatic rings. The van der Waals surface area contributed by atoms with Crippen LogP contribution in [0.15, 0.2) is 11.8 Å². The van der Waals surface area contributed by atoms with Crippen molar-refractivity contribution in [1.82, 2.24) is 4.90 Å². The zero-order valence-corrected chi connectivity index (χ0v) is 13.5. The van der Waals surface area contributed by atoms with Gasteiger partial charge in [0, 0.05) is 17.9 Å². The molecule has 118 valence electrons. The van der Waals surface area contributed by atoms with Crippen molar-refractivity contribution >= 4 is 7.82 Å². The predicted molar refractivity (Wildman–Crippen MR) is 78.7 cm³/mol. The van der Waals surface area contributed by atoms with Crippen LogP contribution in [0.25, 0.3) is 0 Å². The van der Waals surface area contributed by atoms with Gasteiger partial charge in [-0.15, -0.1) is 0 Å². The number of rotatable bonds is 2. The summed E-state index contributed by atoms with van der Waals surface area (Å²) in [6.07, 6.45) is 8.77. The Kier molecular flexibility index (Phi) is 3.45. The molecule has 0 N–H and O–H groups in total. The number of nitrogens with zero attached hydrogens (tertiary/aromatic N) is 1. The predicted octanol–water partition coefficient (Wildman–Crippen LogP) is 3.33. The van der Waals surface area contributed by atoms with Crippen LogP contribution in [0, 0.1) is 11.3 Å². The average Bonchev–Trinajstić information content (AvgIpc) is 2.79. The molecule has 0 aromatic carbocycles. The topological polar surface area (TPSA) is 48.0 Å². The fraction of sp³-hybridized carbons (Fsp3) is 0.867. The van der Waals surface area contributed by atoms with Crippen molar-refractivity contribution < 1.29 is 18.1 Å². The van der Waals surface area contributed by atoms with Crippen LogP contribution >= 0.6 is 7.82 Å². The van der Waals surface area contributed by atoms with Gasteiger partial charge in [0.1, 0.15) is 5.76 Å². The highest BCUT2D eigenvalue weighted by molar-refractivity contribution is 7.48. The van der Waals surface area contributed by atoms with Gasteiger partial charge in [-0.2, -0.15) is 0 Å². The van der Waals surface area contributed by atoms with Crippen molar-refractivity contribution in [2.24, 2.45) is 11.3 Å². The molecule has 2 atom stereocenters. The molecule has 6 heteroatoms. The summed E-state index contributed by atoms with van der Waals surface area (Å²) in [4.78, 5) is 2.34. The Bertz CT molecular complexity index is 488. The minimum absolute atomic E-state index is 0.120. The lowest BCUT2D eigenvalue weighted by Crippen LogP contribution is -2.41. The van der Waals surface area contributed by atoms with Crippen molar-refractivity contribution in [3.63, 3.8) is 0 Å². The fourth-order valence-electron chi connectivity index (χ4n) is 3.98. The van der Waals surface area contributed by atoms with Crippen LogP contribution < -0.4 is 0 Å². The third-order valence-electron chi connectivity index (χ3n) is 5.66. The number of phosphoric ester groups is 1. The molecule has 2 heterocycles. The van der Waals surface area contributed by atoms with Gasteiger partial charge in [0.25, 0.3) is 0 Å². The maximum absolute atomic E-state index is 12.6. The van der Waals surface area contributed by atoms with Crippen molar-refractivity contribution in [1.29, 1.82) is 0 Å². The first-order chi connectivity index (χ1) is 10.1. The summed E-state index contributed by atoms with van der Waals surface area (Å²) >= 11 is 0. The summed E-state index contributed by atoms with van der Waals surface area (Å²) in [5.74, 6) is 1.51. The van der Waals surface area contributed by atoms with E-state index in [-0.39, 0.29) is 5.41 Å². The molecule has 1 spiro atoms. The zero-order valence-electron chi connectivity index (χ0n) is 12.6. The summed E-state index contributed by atoms with van der Waals surface area (Å²) in [6, 6.07) is 0.420. The van der Waals surface area contributed by atoms with E-state index in [1.807, 2.05) is 0 Å². The summed E-state index contributed by atoms with van der Waals surface area (Å²) in [6.45, 7) is 2.17. The standard InChI is InChI=1S/C15H24NO4P/c1-16-8-5-12-3-4-13(9-14(12)16)20-21(17)18-10-15(11-19-21)6-2-7-15/h9,12,14H,2-8,10-11H2,1H3. The van der Waals surface area contributed by atoms with E-state index in [9.17, 15) is 4.57 Å². The molecule has 2 unspecified atom stereocenters. The van der Waals surface area contributed by atoms with E-state index >= 15 is 0 Å². The van der Waals surface area contributed by atoms with Gasteiger partial charge < -0.3 is 4.52 Å². The van der Waals surface area contributed by atoms with E-state index in [2.05, 4.69) is 18.0 Å². The third-order valence-corrected chi connectivity index (χ3v) is 7.01. The summed E-state index contributed by atoms with van der Waals surface area (Å²) < 4.78 is 29.3. The molecule has 0 aromatic heterocycles. The minimum Gasteiger partial charge on any atom is -0.409 e. The number of allylic oxidation sites excluding steroid dienone is 1. The summed E-state index contributed by atoms with van der Waals surface area (Å²) in [5, 5.41) is 0. The lowest BCUT2D eigenvalue weighted by molar-refractivity contribution is -0.0548. The first-order valence-corrected chi connectivity index (χ1v) is 9.53. The van der Waals surface area contributed by atoms with Crippen molar-refractivity contribution in [3.8, 4) is 0 Å². The van der Waals surface area contributed by atoms with Gasteiger partial charge in [-0.25, -0.2) is 4.57 Å². The Balaban J connectivity index is 1.41. The van der Waals surface area contributed by atoms with Crippen LogP contribution in [0.4, 0.5) is 0 Å². The highest BCUT2D eigenvalue weighted by Gasteiger charge is 2.48. The number of hydrogen-bond donors (Lipinski definition) is 0. The number of fused-ring (bicyclic) bond motifs is 1. The van der Waals surface area contributed by atoms with Crippen LogP contribution in [0.2, 0.25) is 0 Å². The van der Waals surface area contributed by atoms with E-state index < -0.39 is 7.82 Å². The smallest absolute Gasteiger partial charge is 0.409 e. The largest absolute Gasteiger partial charge is 0.529 e. The van der Waals surface area contributed by atoms with Gasteiger partial charge in [-0.3, -0.25) is 13.9 Å². The fourth-order valence-corrected chi connectivity index (χ4v) is 5.46. The van der Waals surface area contributed by atoms with Crippen molar-refractivity contribution in [2.45, 2.75) is 44.6 Å². The zero-order chi connectivity index (χ0) is 14.5. The van der Waals surface area contributed by atoms with E-state index in [0.29, 0.717) is 19.3 Å². The minimum atomic E-state index is -3.38. The van der Waals surface area contributed by atoms with Gasteiger partial charge >= 0.3 is 7.82 Å². The quantitative estimate of drug-likeness (QED) is 0.732. The maximum Gasteiger partial charge on any atom is 0.529 e. The van der Waals surface area contributed by atoms with Gasteiger partial charge in [-0.1, -0.05) is 6.42 Å². The van der Waals surface area contributed by atoms with Gasteiger partial charge in [0.2, 0.25) is 0 Å². The van der Waals surface area contributed by atoms with Crippen LogP contribution in [0.3, 0.4) is 0 Å². The Labute approximate surface area is 126 Å². The number of phosphoric acid groups is 1. The molecular weight excluding hydrogens is 289 g/mol. The van der Waals surface area contributed by atoms with Gasteiger partial charge in [0.15, 0.2) is 0 Å². The van der Waals surface area contributed by atoms with Crippen LogP contribution in [0.5, 0.6) is 0 Å². The van der Waals surface area contributed by atoms with E-state index in [1.165, 1.54) is 12.8 Å². The molecule has 4 aliphatic rings. The molecule has 5 nitrogen and oxygen atoms in total. The summed E-state index contributed by atoms with van der Waals surface area (Å²) in [7, 11) is -1.24. The maximum atomic E-state index is 12.6. The second-order valence-electron chi connectivity index (χ2n) is 7.13. The molecule has 2 aliphatic heterocycles. The second-order valence-corrected chi connectivity index (χ2v) is 8.72. The number of hydrogen-bond acceptors (Lipinski definition) is 5. The van der Waals surface area contributed by atoms with Crippen LogP contribution in [-0.2, 0) is 18.1 Å². The molecule has 1 saturated carbocycles. The highest BCUT2D eigenvalue weighted by atomic mass is 31.2. The molecule has 0 amide bonds. The lowest BCUT2D eigenvalue weighted by atomic mass is 9.70. The Morgan fingerprint density at radius 2 is 2.10 bits per heavy atom. The monoisotopic (exact) mass is 313 g/mol. The Morgan fingerprint density at radius 1 is 1.33 bits per heavy atom.